The summed E-state index contributed by atoms with van der Waals surface area (Å²) in [4.78, 5) is 35.0. The molecule has 7 heteroatoms. The molecule has 3 N–H and O–H groups in total. The molecule has 2 amide bonds. The van der Waals surface area contributed by atoms with Crippen molar-refractivity contribution in [2.45, 2.75) is 39.2 Å². The zero-order chi connectivity index (χ0) is 18.4. The number of rotatable bonds is 8. The highest BCUT2D eigenvalue weighted by molar-refractivity contribution is 5.88. The van der Waals surface area contributed by atoms with Crippen LogP contribution in [0.1, 0.15) is 31.4 Å². The van der Waals surface area contributed by atoms with Gasteiger partial charge in [-0.1, -0.05) is 26.0 Å². The lowest BCUT2D eigenvalue weighted by Crippen LogP contribution is -2.46. The van der Waals surface area contributed by atoms with Crippen molar-refractivity contribution in [1.29, 1.82) is 0 Å². The van der Waals surface area contributed by atoms with E-state index in [9.17, 15) is 14.4 Å². The maximum Gasteiger partial charge on any atom is 0.326 e. The fourth-order valence-corrected chi connectivity index (χ4v) is 2.71. The van der Waals surface area contributed by atoms with Crippen LogP contribution in [-0.4, -0.2) is 42.1 Å². The third-order valence-electron chi connectivity index (χ3n) is 3.91. The highest BCUT2D eigenvalue weighted by Gasteiger charge is 2.21. The number of fused-ring (bicyclic) bond motifs is 1. The molecule has 0 fully saturated rings. The molecule has 136 valence electrons. The van der Waals surface area contributed by atoms with Crippen LogP contribution in [-0.2, 0) is 27.2 Å². The van der Waals surface area contributed by atoms with E-state index >= 15 is 0 Å². The van der Waals surface area contributed by atoms with Gasteiger partial charge in [-0.3, -0.25) is 9.59 Å². The number of carboxylic acid groups (broad SMARTS) is 1. The lowest BCUT2D eigenvalue weighted by Gasteiger charge is -2.16. The van der Waals surface area contributed by atoms with Crippen LogP contribution in [0.5, 0.6) is 5.75 Å². The zero-order valence-electron chi connectivity index (χ0n) is 14.5. The summed E-state index contributed by atoms with van der Waals surface area (Å²) in [6, 6.07) is 4.67. The average molecular weight is 348 g/mol. The summed E-state index contributed by atoms with van der Waals surface area (Å²) in [5.74, 6) is -0.879. The Morgan fingerprint density at radius 2 is 2.00 bits per heavy atom. The van der Waals surface area contributed by atoms with Gasteiger partial charge in [0.25, 0.3) is 0 Å². The van der Waals surface area contributed by atoms with Crippen molar-refractivity contribution >= 4 is 17.8 Å². The lowest BCUT2D eigenvalue weighted by molar-refractivity contribution is -0.142. The predicted molar refractivity (Wildman–Crippen MR) is 91.4 cm³/mol. The molecule has 1 aliphatic heterocycles. The maximum atomic E-state index is 12.0. The van der Waals surface area contributed by atoms with Crippen LogP contribution < -0.4 is 15.4 Å². The number of hydrogen-bond donors (Lipinski definition) is 3. The second-order valence-electron chi connectivity index (χ2n) is 6.58. The van der Waals surface area contributed by atoms with E-state index in [0.717, 1.165) is 23.3 Å². The third kappa shape index (κ3) is 5.77. The monoisotopic (exact) mass is 348 g/mol. The molecule has 2 rings (SSSR count). The Bertz CT molecular complexity index is 657. The van der Waals surface area contributed by atoms with Gasteiger partial charge in [0.05, 0.1) is 19.6 Å². The zero-order valence-corrected chi connectivity index (χ0v) is 14.5. The van der Waals surface area contributed by atoms with Crippen molar-refractivity contribution in [3.63, 3.8) is 0 Å². The minimum Gasteiger partial charge on any atom is -0.493 e. The Morgan fingerprint density at radius 3 is 2.68 bits per heavy atom. The minimum absolute atomic E-state index is 0.139. The summed E-state index contributed by atoms with van der Waals surface area (Å²) < 4.78 is 5.42. The van der Waals surface area contributed by atoms with Crippen LogP contribution in [0, 0.1) is 5.92 Å². The second-order valence-corrected chi connectivity index (χ2v) is 6.58. The van der Waals surface area contributed by atoms with Crippen LogP contribution in [0.25, 0.3) is 0 Å². The summed E-state index contributed by atoms with van der Waals surface area (Å²) >= 11 is 0. The first-order valence-electron chi connectivity index (χ1n) is 8.38. The number of carbonyl (C=O) groups is 3. The van der Waals surface area contributed by atoms with E-state index in [1.54, 1.807) is 0 Å². The fraction of sp³-hybridized carbons (Fsp3) is 0.500. The molecule has 0 aromatic heterocycles. The molecule has 0 radical (unpaired) electrons. The predicted octanol–water partition coefficient (Wildman–Crippen LogP) is 0.896. The van der Waals surface area contributed by atoms with E-state index in [4.69, 9.17) is 9.84 Å². The standard InChI is InChI=1S/C18H24N2O5/c1-11(2)7-14(18(23)24)20-17(22)10-19-16(21)9-12-3-4-15-13(8-12)5-6-25-15/h3-4,8,11,14H,5-7,9-10H2,1-2H3,(H,19,21)(H,20,22)(H,23,24)/t14-/m0/s1. The molecule has 0 saturated carbocycles. The number of aliphatic carboxylic acids is 1. The molecule has 1 aromatic rings. The summed E-state index contributed by atoms with van der Waals surface area (Å²) in [5, 5.41) is 14.1. The Hall–Kier alpha value is -2.57. The first kappa shape index (κ1) is 18.8. The van der Waals surface area contributed by atoms with E-state index in [-0.39, 0.29) is 24.8 Å². The number of nitrogens with one attached hydrogen (secondary N) is 2. The van der Waals surface area contributed by atoms with E-state index < -0.39 is 17.9 Å². The van der Waals surface area contributed by atoms with Gasteiger partial charge in [-0.25, -0.2) is 4.79 Å². The van der Waals surface area contributed by atoms with Gasteiger partial charge in [-0.15, -0.1) is 0 Å². The molecule has 0 saturated heterocycles. The highest BCUT2D eigenvalue weighted by Crippen LogP contribution is 2.25. The summed E-state index contributed by atoms with van der Waals surface area (Å²) in [6.07, 6.45) is 1.33. The van der Waals surface area contributed by atoms with Crippen molar-refractivity contribution in [3.8, 4) is 5.75 Å². The van der Waals surface area contributed by atoms with Gasteiger partial charge in [-0.2, -0.15) is 0 Å². The molecular formula is C18H24N2O5. The molecule has 1 atom stereocenters. The van der Waals surface area contributed by atoms with Crippen LogP contribution in [0.3, 0.4) is 0 Å². The second kappa shape index (κ2) is 8.50. The van der Waals surface area contributed by atoms with Crippen molar-refractivity contribution in [2.75, 3.05) is 13.2 Å². The van der Waals surface area contributed by atoms with Crippen LogP contribution in [0.4, 0.5) is 0 Å². The van der Waals surface area contributed by atoms with Crippen LogP contribution in [0.2, 0.25) is 0 Å². The quantitative estimate of drug-likeness (QED) is 0.647. The molecule has 1 aromatic carbocycles. The van der Waals surface area contributed by atoms with E-state index in [0.29, 0.717) is 13.0 Å². The van der Waals surface area contributed by atoms with Crippen molar-refractivity contribution in [2.24, 2.45) is 5.92 Å². The van der Waals surface area contributed by atoms with Gasteiger partial charge in [-0.05, 0) is 29.5 Å². The number of carbonyl (C=O) groups excluding carboxylic acids is 2. The van der Waals surface area contributed by atoms with Gasteiger partial charge in [0.1, 0.15) is 11.8 Å². The summed E-state index contributed by atoms with van der Waals surface area (Å²) in [5.41, 5.74) is 1.94. The van der Waals surface area contributed by atoms with Gasteiger partial charge in [0.2, 0.25) is 11.8 Å². The van der Waals surface area contributed by atoms with Crippen molar-refractivity contribution in [3.05, 3.63) is 29.3 Å². The van der Waals surface area contributed by atoms with Gasteiger partial charge in [0.15, 0.2) is 0 Å². The minimum atomic E-state index is -1.08. The smallest absolute Gasteiger partial charge is 0.326 e. The Kier molecular flexibility index (Phi) is 6.38. The largest absolute Gasteiger partial charge is 0.493 e. The van der Waals surface area contributed by atoms with Crippen molar-refractivity contribution in [1.82, 2.24) is 10.6 Å². The first-order chi connectivity index (χ1) is 11.8. The van der Waals surface area contributed by atoms with E-state index in [1.807, 2.05) is 32.0 Å². The molecule has 25 heavy (non-hydrogen) atoms. The number of hydrogen-bond acceptors (Lipinski definition) is 4. The van der Waals surface area contributed by atoms with Crippen LogP contribution in [0.15, 0.2) is 18.2 Å². The fourth-order valence-electron chi connectivity index (χ4n) is 2.71. The molecular weight excluding hydrogens is 324 g/mol. The molecule has 0 spiro atoms. The number of benzene rings is 1. The normalized spacial score (nSPS) is 13.7. The van der Waals surface area contributed by atoms with E-state index in [1.165, 1.54) is 0 Å². The van der Waals surface area contributed by atoms with Crippen molar-refractivity contribution < 1.29 is 24.2 Å². The highest BCUT2D eigenvalue weighted by atomic mass is 16.5. The number of amides is 2. The average Bonchev–Trinajstić information content (AvgIpc) is 2.99. The number of carboxylic acids is 1. The topological polar surface area (TPSA) is 105 Å². The maximum absolute atomic E-state index is 12.0. The van der Waals surface area contributed by atoms with Gasteiger partial charge >= 0.3 is 5.97 Å². The first-order valence-corrected chi connectivity index (χ1v) is 8.38. The molecule has 0 aliphatic carbocycles. The number of ether oxygens (including phenoxy) is 1. The van der Waals surface area contributed by atoms with Crippen LogP contribution >= 0.6 is 0 Å². The summed E-state index contributed by atoms with van der Waals surface area (Å²) in [7, 11) is 0. The Morgan fingerprint density at radius 1 is 1.24 bits per heavy atom. The lowest BCUT2D eigenvalue weighted by atomic mass is 10.0. The molecule has 1 aliphatic rings. The Balaban J connectivity index is 1.79. The summed E-state index contributed by atoms with van der Waals surface area (Å²) in [6.45, 7) is 4.18. The van der Waals surface area contributed by atoms with E-state index in [2.05, 4.69) is 10.6 Å². The molecule has 0 unspecified atom stereocenters. The third-order valence-corrected chi connectivity index (χ3v) is 3.91. The SMILES string of the molecule is CC(C)C[C@H](NC(=O)CNC(=O)Cc1ccc2c(c1)CCO2)C(=O)O. The molecule has 1 heterocycles. The van der Waals surface area contributed by atoms with Gasteiger partial charge < -0.3 is 20.5 Å². The molecule has 0 bridgehead atoms. The Labute approximate surface area is 146 Å². The van der Waals surface area contributed by atoms with Gasteiger partial charge in [0, 0.05) is 6.42 Å². The molecule has 7 nitrogen and oxygen atoms in total.